The van der Waals surface area contributed by atoms with E-state index >= 15 is 0 Å². The molecule has 5 nitrogen and oxygen atoms in total. The summed E-state index contributed by atoms with van der Waals surface area (Å²) in [5, 5.41) is 11.3. The summed E-state index contributed by atoms with van der Waals surface area (Å²) in [6.07, 6.45) is -0.613. The van der Waals surface area contributed by atoms with Crippen LogP contribution in [0.5, 0.6) is 0 Å². The van der Waals surface area contributed by atoms with Crippen molar-refractivity contribution in [3.8, 4) is 11.8 Å². The Morgan fingerprint density at radius 1 is 1.17 bits per heavy atom. The van der Waals surface area contributed by atoms with Gasteiger partial charge in [0.15, 0.2) is 0 Å². The van der Waals surface area contributed by atoms with Crippen LogP contribution in [0.1, 0.15) is 21.5 Å². The molecule has 0 aliphatic rings. The van der Waals surface area contributed by atoms with Gasteiger partial charge in [-0.3, -0.25) is 0 Å². The van der Waals surface area contributed by atoms with Crippen molar-refractivity contribution in [1.82, 2.24) is 5.32 Å². The number of ether oxygens (including phenoxy) is 1. The van der Waals surface area contributed by atoms with Crippen LogP contribution in [0.4, 0.5) is 9.18 Å². The maximum Gasteiger partial charge on any atom is 0.408 e. The predicted octanol–water partition coefficient (Wildman–Crippen LogP) is 2.80. The van der Waals surface area contributed by atoms with Crippen molar-refractivity contribution in [2.45, 2.75) is 6.61 Å². The largest absolute Gasteiger partial charge is 0.478 e. The van der Waals surface area contributed by atoms with Crippen molar-refractivity contribution >= 4 is 12.1 Å². The first-order chi connectivity index (χ1) is 11.6. The number of carboxylic acids is 1. The van der Waals surface area contributed by atoms with Crippen LogP contribution in [0.25, 0.3) is 0 Å². The van der Waals surface area contributed by atoms with Crippen molar-refractivity contribution in [3.05, 3.63) is 71.0 Å². The topological polar surface area (TPSA) is 75.6 Å². The Kier molecular flexibility index (Phi) is 5.92. The molecule has 0 heterocycles. The molecule has 1 amide bonds. The summed E-state index contributed by atoms with van der Waals surface area (Å²) in [6, 6.07) is 12.8. The molecule has 6 heteroatoms. The number of carbonyl (C=O) groups excluding carboxylic acids is 1. The van der Waals surface area contributed by atoms with E-state index < -0.39 is 23.4 Å². The Bertz CT molecular complexity index is 794. The van der Waals surface area contributed by atoms with Crippen LogP contribution >= 0.6 is 0 Å². The number of aromatic carboxylic acids is 1. The second-order valence-corrected chi connectivity index (χ2v) is 4.72. The van der Waals surface area contributed by atoms with E-state index in [1.165, 1.54) is 6.07 Å². The Labute approximate surface area is 138 Å². The van der Waals surface area contributed by atoms with Crippen LogP contribution in [0.2, 0.25) is 0 Å². The lowest BCUT2D eigenvalue weighted by Crippen LogP contribution is -2.24. The number of nitrogens with one attached hydrogen (secondary N) is 1. The average molecular weight is 327 g/mol. The van der Waals surface area contributed by atoms with Crippen molar-refractivity contribution in [2.24, 2.45) is 0 Å². The zero-order valence-electron chi connectivity index (χ0n) is 12.6. The lowest BCUT2D eigenvalue weighted by Gasteiger charge is -2.04. The first kappa shape index (κ1) is 17.0. The summed E-state index contributed by atoms with van der Waals surface area (Å²) in [4.78, 5) is 22.3. The second kappa shape index (κ2) is 8.34. The number of hydrogen-bond acceptors (Lipinski definition) is 3. The molecule has 2 aromatic carbocycles. The zero-order valence-corrected chi connectivity index (χ0v) is 12.6. The smallest absolute Gasteiger partial charge is 0.408 e. The van der Waals surface area contributed by atoms with Gasteiger partial charge >= 0.3 is 12.1 Å². The summed E-state index contributed by atoms with van der Waals surface area (Å²) in [6.45, 7) is 0.174. The maximum atomic E-state index is 13.2. The molecule has 2 N–H and O–H groups in total. The van der Waals surface area contributed by atoms with E-state index in [-0.39, 0.29) is 13.2 Å². The number of benzene rings is 2. The highest BCUT2D eigenvalue weighted by atomic mass is 19.1. The predicted molar refractivity (Wildman–Crippen MR) is 84.9 cm³/mol. The summed E-state index contributed by atoms with van der Waals surface area (Å²) in [5.74, 6) is 3.10. The van der Waals surface area contributed by atoms with E-state index in [9.17, 15) is 14.0 Å². The lowest BCUT2D eigenvalue weighted by atomic mass is 10.1. The molecular weight excluding hydrogens is 313 g/mol. The second-order valence-electron chi connectivity index (χ2n) is 4.72. The van der Waals surface area contributed by atoms with Gasteiger partial charge in [-0.05, 0) is 23.8 Å². The molecule has 0 aliphatic carbocycles. The van der Waals surface area contributed by atoms with E-state index in [1.54, 1.807) is 0 Å². The third kappa shape index (κ3) is 5.14. The van der Waals surface area contributed by atoms with Gasteiger partial charge in [0.25, 0.3) is 0 Å². The minimum absolute atomic E-state index is 0.0212. The van der Waals surface area contributed by atoms with E-state index in [1.807, 2.05) is 30.3 Å². The zero-order chi connectivity index (χ0) is 17.4. The highest BCUT2D eigenvalue weighted by Gasteiger charge is 2.09. The number of amides is 1. The quantitative estimate of drug-likeness (QED) is 0.847. The highest BCUT2D eigenvalue weighted by molar-refractivity contribution is 5.88. The molecule has 0 atom stereocenters. The van der Waals surface area contributed by atoms with Crippen molar-refractivity contribution in [2.75, 3.05) is 6.54 Å². The normalized spacial score (nSPS) is 9.54. The van der Waals surface area contributed by atoms with Crippen molar-refractivity contribution in [3.63, 3.8) is 0 Å². The van der Waals surface area contributed by atoms with E-state index in [4.69, 9.17) is 9.84 Å². The Balaban J connectivity index is 1.82. The fraction of sp³-hybridized carbons (Fsp3) is 0.111. The number of alkyl carbamates (subject to hydrolysis) is 1. The number of hydrogen-bond donors (Lipinski definition) is 2. The summed E-state index contributed by atoms with van der Waals surface area (Å²) >= 11 is 0. The molecule has 122 valence electrons. The first-order valence-corrected chi connectivity index (χ1v) is 7.02. The molecule has 0 spiro atoms. The molecule has 0 saturated heterocycles. The molecule has 0 unspecified atom stereocenters. The fourth-order valence-electron chi connectivity index (χ4n) is 1.80. The monoisotopic (exact) mass is 327 g/mol. The Morgan fingerprint density at radius 3 is 2.62 bits per heavy atom. The fourth-order valence-corrected chi connectivity index (χ4v) is 1.80. The standard InChI is InChI=1S/C18H14FNO4/c19-16-9-8-13(11-15(16)17(21)22)7-4-10-20-18(23)24-12-14-5-2-1-3-6-14/h1-3,5-6,8-9,11H,10,12H2,(H,20,23)(H,21,22). The van der Waals surface area contributed by atoms with Crippen LogP contribution in [-0.2, 0) is 11.3 Å². The molecule has 0 radical (unpaired) electrons. The third-order valence-electron chi connectivity index (χ3n) is 2.96. The molecule has 2 rings (SSSR count). The first-order valence-electron chi connectivity index (χ1n) is 7.02. The van der Waals surface area contributed by atoms with Gasteiger partial charge in [0.1, 0.15) is 12.4 Å². The van der Waals surface area contributed by atoms with Crippen LogP contribution in [0, 0.1) is 17.7 Å². The average Bonchev–Trinajstić information content (AvgIpc) is 2.59. The summed E-state index contributed by atoms with van der Waals surface area (Å²) in [5.41, 5.74) is 0.761. The maximum absolute atomic E-state index is 13.2. The van der Waals surface area contributed by atoms with Gasteiger partial charge in [-0.1, -0.05) is 42.2 Å². The van der Waals surface area contributed by atoms with E-state index in [2.05, 4.69) is 17.2 Å². The third-order valence-corrected chi connectivity index (χ3v) is 2.96. The summed E-state index contributed by atoms with van der Waals surface area (Å²) in [7, 11) is 0. The molecule has 0 bridgehead atoms. The SMILES string of the molecule is O=C(NCC#Cc1ccc(F)c(C(=O)O)c1)OCc1ccccc1. The Morgan fingerprint density at radius 2 is 1.92 bits per heavy atom. The van der Waals surface area contributed by atoms with Crippen LogP contribution in [0.3, 0.4) is 0 Å². The minimum Gasteiger partial charge on any atom is -0.478 e. The molecule has 0 aromatic heterocycles. The molecule has 0 fully saturated rings. The molecule has 2 aromatic rings. The van der Waals surface area contributed by atoms with Gasteiger partial charge in [0, 0.05) is 5.56 Å². The minimum atomic E-state index is -1.36. The van der Waals surface area contributed by atoms with Gasteiger partial charge in [-0.2, -0.15) is 0 Å². The van der Waals surface area contributed by atoms with Crippen LogP contribution in [0.15, 0.2) is 48.5 Å². The number of halogens is 1. The lowest BCUT2D eigenvalue weighted by molar-refractivity contribution is 0.0691. The number of carboxylic acid groups (broad SMARTS) is 1. The van der Waals surface area contributed by atoms with Crippen molar-refractivity contribution in [1.29, 1.82) is 0 Å². The molecular formula is C18H14FNO4. The van der Waals surface area contributed by atoms with Gasteiger partial charge in [0.2, 0.25) is 0 Å². The number of rotatable bonds is 4. The van der Waals surface area contributed by atoms with Gasteiger partial charge in [0.05, 0.1) is 12.1 Å². The number of carbonyl (C=O) groups is 2. The van der Waals surface area contributed by atoms with Gasteiger partial charge < -0.3 is 15.2 Å². The van der Waals surface area contributed by atoms with Gasteiger partial charge in [-0.15, -0.1) is 0 Å². The summed E-state index contributed by atoms with van der Waals surface area (Å²) < 4.78 is 18.2. The Hall–Kier alpha value is -3.33. The molecule has 0 aliphatic heterocycles. The van der Waals surface area contributed by atoms with Crippen LogP contribution < -0.4 is 5.32 Å². The van der Waals surface area contributed by atoms with E-state index in [0.717, 1.165) is 17.7 Å². The van der Waals surface area contributed by atoms with Gasteiger partial charge in [-0.25, -0.2) is 14.0 Å². The van der Waals surface area contributed by atoms with Crippen molar-refractivity contribution < 1.29 is 23.8 Å². The molecule has 24 heavy (non-hydrogen) atoms. The van der Waals surface area contributed by atoms with Crippen LogP contribution in [-0.4, -0.2) is 23.7 Å². The van der Waals surface area contributed by atoms with E-state index in [0.29, 0.717) is 5.56 Å². The highest BCUT2D eigenvalue weighted by Crippen LogP contribution is 2.09. The molecule has 0 saturated carbocycles.